The van der Waals surface area contributed by atoms with Gasteiger partial charge in [-0.25, -0.2) is 9.37 Å². The van der Waals surface area contributed by atoms with E-state index in [1.807, 2.05) is 13.0 Å². The lowest BCUT2D eigenvalue weighted by Crippen LogP contribution is -2.39. The molecular formula is C22H26Cl2FN3OS. The van der Waals surface area contributed by atoms with Crippen LogP contribution in [0.25, 0.3) is 10.2 Å². The quantitative estimate of drug-likeness (QED) is 0.418. The maximum Gasteiger partial charge on any atom is 0.261 e. The number of nitrogens with zero attached hydrogens (tertiary/aromatic N) is 3. The summed E-state index contributed by atoms with van der Waals surface area (Å²) in [4.78, 5) is 22.1. The largest absolute Gasteiger partial charge is 0.302 e. The van der Waals surface area contributed by atoms with Gasteiger partial charge < -0.3 is 4.90 Å². The van der Waals surface area contributed by atoms with Gasteiger partial charge in [-0.2, -0.15) is 0 Å². The second-order valence-corrected chi connectivity index (χ2v) is 8.37. The molecule has 0 saturated heterocycles. The maximum absolute atomic E-state index is 13.5. The molecule has 30 heavy (non-hydrogen) atoms. The van der Waals surface area contributed by atoms with Gasteiger partial charge in [-0.1, -0.05) is 42.9 Å². The van der Waals surface area contributed by atoms with E-state index in [2.05, 4.69) is 31.7 Å². The van der Waals surface area contributed by atoms with Crippen molar-refractivity contribution in [1.82, 2.24) is 9.88 Å². The maximum atomic E-state index is 13.5. The molecule has 8 heteroatoms. The first kappa shape index (κ1) is 24.5. The van der Waals surface area contributed by atoms with E-state index in [4.69, 9.17) is 16.6 Å². The third-order valence-electron chi connectivity index (χ3n) is 5.25. The Hall–Kier alpha value is -1.73. The van der Waals surface area contributed by atoms with Gasteiger partial charge in [0.1, 0.15) is 5.82 Å². The molecule has 0 radical (unpaired) electrons. The van der Waals surface area contributed by atoms with E-state index < -0.39 is 5.82 Å². The first-order valence-electron chi connectivity index (χ1n) is 9.71. The van der Waals surface area contributed by atoms with Crippen molar-refractivity contribution in [3.63, 3.8) is 0 Å². The minimum atomic E-state index is -0.465. The van der Waals surface area contributed by atoms with Crippen molar-refractivity contribution < 1.29 is 9.18 Å². The molecule has 162 valence electrons. The molecule has 0 spiro atoms. The van der Waals surface area contributed by atoms with E-state index in [0.29, 0.717) is 18.2 Å². The minimum Gasteiger partial charge on any atom is -0.302 e. The fourth-order valence-corrected chi connectivity index (χ4v) is 4.50. The number of halogens is 3. The Morgan fingerprint density at radius 3 is 2.47 bits per heavy atom. The lowest BCUT2D eigenvalue weighted by molar-refractivity contribution is 0.0984. The zero-order valence-electron chi connectivity index (χ0n) is 17.5. The minimum absolute atomic E-state index is 0. The van der Waals surface area contributed by atoms with E-state index in [9.17, 15) is 9.18 Å². The van der Waals surface area contributed by atoms with Gasteiger partial charge in [0.05, 0.1) is 20.8 Å². The topological polar surface area (TPSA) is 36.4 Å². The van der Waals surface area contributed by atoms with Gasteiger partial charge in [-0.05, 0) is 62.3 Å². The number of carbonyl (C=O) groups excluding carboxylic acids is 1. The molecule has 4 nitrogen and oxygen atoms in total. The molecule has 3 aromatic rings. The zero-order valence-corrected chi connectivity index (χ0v) is 19.9. The molecule has 0 saturated carbocycles. The summed E-state index contributed by atoms with van der Waals surface area (Å²) in [5.74, 6) is -0.733. The Balaban J connectivity index is 0.00000320. The summed E-state index contributed by atoms with van der Waals surface area (Å²) in [6.45, 7) is 11.3. The summed E-state index contributed by atoms with van der Waals surface area (Å²) >= 11 is 7.67. The first-order valence-corrected chi connectivity index (χ1v) is 10.9. The molecular weight excluding hydrogens is 444 g/mol. The predicted molar refractivity (Wildman–Crippen MR) is 127 cm³/mol. The van der Waals surface area contributed by atoms with E-state index in [0.717, 1.165) is 34.4 Å². The normalized spacial score (nSPS) is 11.0. The van der Waals surface area contributed by atoms with Crippen molar-refractivity contribution in [2.75, 3.05) is 31.1 Å². The molecule has 0 N–H and O–H groups in total. The predicted octanol–water partition coefficient (Wildman–Crippen LogP) is 6.12. The summed E-state index contributed by atoms with van der Waals surface area (Å²) in [5, 5.41) is 0.738. The average Bonchev–Trinajstić information content (AvgIpc) is 3.12. The van der Waals surface area contributed by atoms with Gasteiger partial charge in [0.25, 0.3) is 5.91 Å². The van der Waals surface area contributed by atoms with E-state index in [1.54, 1.807) is 4.90 Å². The van der Waals surface area contributed by atoms with E-state index in [1.165, 1.54) is 29.5 Å². The number of rotatable bonds is 7. The highest BCUT2D eigenvalue weighted by Gasteiger charge is 2.24. The van der Waals surface area contributed by atoms with Crippen molar-refractivity contribution in [3.05, 3.63) is 57.9 Å². The van der Waals surface area contributed by atoms with Crippen molar-refractivity contribution in [3.8, 4) is 0 Å². The van der Waals surface area contributed by atoms with E-state index in [-0.39, 0.29) is 28.9 Å². The molecule has 0 unspecified atom stereocenters. The monoisotopic (exact) mass is 469 g/mol. The van der Waals surface area contributed by atoms with Crippen molar-refractivity contribution >= 4 is 56.6 Å². The number of amides is 1. The number of thiazole rings is 1. The molecule has 3 rings (SSSR count). The molecule has 1 heterocycles. The molecule has 0 bridgehead atoms. The van der Waals surface area contributed by atoms with Crippen LogP contribution in [-0.2, 0) is 0 Å². The van der Waals surface area contributed by atoms with Crippen LogP contribution in [0.5, 0.6) is 0 Å². The lowest BCUT2D eigenvalue weighted by atomic mass is 10.1. The number of hydrogen-bond donors (Lipinski definition) is 0. The third-order valence-corrected chi connectivity index (χ3v) is 6.60. The molecule has 0 aliphatic carbocycles. The number of benzene rings is 2. The fraction of sp³-hybridized carbons (Fsp3) is 0.364. The van der Waals surface area contributed by atoms with Crippen LogP contribution in [0.15, 0.2) is 30.3 Å². The third kappa shape index (κ3) is 5.11. The Labute approximate surface area is 192 Å². The fourth-order valence-electron chi connectivity index (χ4n) is 3.20. The van der Waals surface area contributed by atoms with Crippen LogP contribution in [0, 0.1) is 19.7 Å². The SMILES string of the molecule is CCN(CC)CCN(C(=O)c1ccc(F)cc1Cl)c1nc2c(C)c(C)ccc2s1.Cl. The Bertz CT molecular complexity index is 1040. The molecule has 1 amide bonds. The van der Waals surface area contributed by atoms with Crippen LogP contribution >= 0.6 is 35.3 Å². The molecule has 0 aliphatic heterocycles. The standard InChI is InChI=1S/C22H25ClFN3OS.ClH/c1-5-26(6-2)11-12-27(21(28)17-9-8-16(24)13-18(17)23)22-25-20-15(4)14(3)7-10-19(20)29-22;/h7-10,13H,5-6,11-12H2,1-4H3;1H. The van der Waals surface area contributed by atoms with Gasteiger partial charge in [0, 0.05) is 13.1 Å². The summed E-state index contributed by atoms with van der Waals surface area (Å²) in [6, 6.07) is 7.97. The summed E-state index contributed by atoms with van der Waals surface area (Å²) in [5.41, 5.74) is 3.47. The highest BCUT2D eigenvalue weighted by molar-refractivity contribution is 7.22. The number of carbonyl (C=O) groups is 1. The Kier molecular flexibility index (Phi) is 8.62. The smallest absolute Gasteiger partial charge is 0.261 e. The number of anilines is 1. The number of hydrogen-bond acceptors (Lipinski definition) is 4. The van der Waals surface area contributed by atoms with Crippen LogP contribution in [0.4, 0.5) is 9.52 Å². The van der Waals surface area contributed by atoms with Gasteiger partial charge in [0.15, 0.2) is 5.13 Å². The Morgan fingerprint density at radius 2 is 1.83 bits per heavy atom. The molecule has 0 aliphatic rings. The lowest BCUT2D eigenvalue weighted by Gasteiger charge is -2.25. The van der Waals surface area contributed by atoms with Crippen LogP contribution in [0.1, 0.15) is 35.3 Å². The van der Waals surface area contributed by atoms with Crippen molar-refractivity contribution in [1.29, 1.82) is 0 Å². The van der Waals surface area contributed by atoms with Gasteiger partial charge in [-0.15, -0.1) is 12.4 Å². The number of likely N-dealkylation sites (N-methyl/N-ethyl adjacent to an activating group) is 1. The zero-order chi connectivity index (χ0) is 21.1. The Morgan fingerprint density at radius 1 is 1.13 bits per heavy atom. The summed E-state index contributed by atoms with van der Waals surface area (Å²) < 4.78 is 14.5. The van der Waals surface area contributed by atoms with Crippen molar-refractivity contribution in [2.45, 2.75) is 27.7 Å². The number of aryl methyl sites for hydroxylation is 2. The van der Waals surface area contributed by atoms with Gasteiger partial charge >= 0.3 is 0 Å². The van der Waals surface area contributed by atoms with Crippen molar-refractivity contribution in [2.24, 2.45) is 0 Å². The number of fused-ring (bicyclic) bond motifs is 1. The van der Waals surface area contributed by atoms with Gasteiger partial charge in [0.2, 0.25) is 0 Å². The van der Waals surface area contributed by atoms with Gasteiger partial charge in [-0.3, -0.25) is 9.69 Å². The van der Waals surface area contributed by atoms with Crippen LogP contribution in [-0.4, -0.2) is 42.0 Å². The van der Waals surface area contributed by atoms with E-state index >= 15 is 0 Å². The summed E-state index contributed by atoms with van der Waals surface area (Å²) in [6.07, 6.45) is 0. The second kappa shape index (κ2) is 10.5. The van der Waals surface area contributed by atoms with Crippen LogP contribution in [0.2, 0.25) is 5.02 Å². The van der Waals surface area contributed by atoms with Crippen LogP contribution in [0.3, 0.4) is 0 Å². The van der Waals surface area contributed by atoms with Crippen LogP contribution < -0.4 is 4.90 Å². The summed E-state index contributed by atoms with van der Waals surface area (Å²) in [7, 11) is 0. The molecule has 0 atom stereocenters. The first-order chi connectivity index (χ1) is 13.8. The second-order valence-electron chi connectivity index (χ2n) is 6.96. The highest BCUT2D eigenvalue weighted by Crippen LogP contribution is 2.33. The highest BCUT2D eigenvalue weighted by atomic mass is 35.5. The number of aromatic nitrogens is 1. The molecule has 2 aromatic carbocycles. The average molecular weight is 470 g/mol. The molecule has 0 fully saturated rings. The molecule has 1 aromatic heterocycles.